The Kier molecular flexibility index (Phi) is 16.5. The zero-order chi connectivity index (χ0) is 36.8. The first-order chi connectivity index (χ1) is 23.1. The van der Waals surface area contributed by atoms with Crippen LogP contribution in [-0.2, 0) is 47.9 Å². The van der Waals surface area contributed by atoms with Crippen molar-refractivity contribution in [2.45, 2.75) is 75.0 Å². The van der Waals surface area contributed by atoms with Crippen LogP contribution in [0.3, 0.4) is 0 Å². The van der Waals surface area contributed by atoms with Gasteiger partial charge in [-0.05, 0) is 26.4 Å². The van der Waals surface area contributed by atoms with Crippen molar-refractivity contribution in [1.29, 1.82) is 0 Å². The van der Waals surface area contributed by atoms with Crippen molar-refractivity contribution in [3.63, 3.8) is 0 Å². The summed E-state index contributed by atoms with van der Waals surface area (Å²) >= 11 is 2.51. The first-order valence-electron chi connectivity index (χ1n) is 15.3. The summed E-state index contributed by atoms with van der Waals surface area (Å²) in [6.45, 7) is 10.3. The number of likely N-dealkylation sites (tertiary alicyclic amines) is 2. The van der Waals surface area contributed by atoms with E-state index in [4.69, 9.17) is 4.74 Å². The van der Waals surface area contributed by atoms with Crippen LogP contribution in [0, 0.1) is 0 Å². The summed E-state index contributed by atoms with van der Waals surface area (Å²) in [4.78, 5) is 114. The minimum Gasteiger partial charge on any atom is -0.369 e. The summed E-state index contributed by atoms with van der Waals surface area (Å²) in [7, 11) is 0. The third-order valence-corrected chi connectivity index (χ3v) is 9.13. The van der Waals surface area contributed by atoms with Gasteiger partial charge in [0.2, 0.25) is 53.2 Å². The van der Waals surface area contributed by atoms with Crippen molar-refractivity contribution in [3.8, 4) is 0 Å². The molecule has 270 valence electrons. The van der Waals surface area contributed by atoms with Crippen LogP contribution >= 0.6 is 23.5 Å². The lowest BCUT2D eigenvalue weighted by molar-refractivity contribution is -0.140. The molecule has 0 radical (unpaired) electrons. The van der Waals surface area contributed by atoms with Crippen molar-refractivity contribution in [3.05, 3.63) is 24.8 Å². The predicted molar refractivity (Wildman–Crippen MR) is 180 cm³/mol. The van der Waals surface area contributed by atoms with Crippen molar-refractivity contribution < 1.29 is 47.9 Å². The molecule has 0 saturated carbocycles. The molecule has 49 heavy (non-hydrogen) atoms. The molecule has 2 heterocycles. The highest BCUT2D eigenvalue weighted by molar-refractivity contribution is 8.00. The Morgan fingerprint density at radius 2 is 1.14 bits per heavy atom. The standard InChI is InChI=1S/C30H43N7O10S2/c1-7-47-16(2)28(44)35-19(12-24(40)33-17(3)31-22(38)8-10-36-26(42)14-20(48-5)29(36)45)13-25(41)34-18(4)32-23(39)9-11-37-27(43)15-21(49-6)30(37)46/h16,19-21H,3-4,7-15H2,1-2,5-6H3,(H,31,38)(H,32,39)(H,33,40)(H,34,41)(H,35,44). The van der Waals surface area contributed by atoms with E-state index in [1.165, 1.54) is 30.4 Å². The Labute approximate surface area is 292 Å². The van der Waals surface area contributed by atoms with Gasteiger partial charge in [-0.15, -0.1) is 0 Å². The molecule has 0 aromatic carbocycles. The number of amides is 9. The van der Waals surface area contributed by atoms with Gasteiger partial charge in [-0.2, -0.15) is 23.5 Å². The summed E-state index contributed by atoms with van der Waals surface area (Å²) in [5, 5.41) is 11.1. The number of nitrogens with one attached hydrogen (secondary N) is 5. The molecule has 0 bridgehead atoms. The van der Waals surface area contributed by atoms with E-state index in [0.29, 0.717) is 0 Å². The molecule has 2 fully saturated rings. The first kappa shape index (κ1) is 40.9. The van der Waals surface area contributed by atoms with Crippen molar-refractivity contribution in [1.82, 2.24) is 36.4 Å². The minimum absolute atomic E-state index is 0.0658. The maximum atomic E-state index is 12.8. The number of ether oxygens (including phenoxy) is 1. The van der Waals surface area contributed by atoms with E-state index < -0.39 is 65.0 Å². The van der Waals surface area contributed by atoms with Gasteiger partial charge in [0.1, 0.15) is 17.7 Å². The van der Waals surface area contributed by atoms with Gasteiger partial charge >= 0.3 is 0 Å². The molecule has 2 aliphatic rings. The number of thioether (sulfide) groups is 2. The topological polar surface area (TPSA) is 229 Å². The highest BCUT2D eigenvalue weighted by atomic mass is 32.2. The quantitative estimate of drug-likeness (QED) is 0.0937. The van der Waals surface area contributed by atoms with Crippen LogP contribution in [0.4, 0.5) is 0 Å². The highest BCUT2D eigenvalue weighted by Gasteiger charge is 2.39. The Balaban J connectivity index is 1.88. The molecule has 9 amide bonds. The van der Waals surface area contributed by atoms with E-state index in [0.717, 1.165) is 9.80 Å². The molecule has 2 aliphatic heterocycles. The molecule has 17 nitrogen and oxygen atoms in total. The third kappa shape index (κ3) is 13.0. The Hall–Kier alpha value is -4.23. The summed E-state index contributed by atoms with van der Waals surface area (Å²) in [5.74, 6) is -5.15. The monoisotopic (exact) mass is 725 g/mol. The zero-order valence-corrected chi connectivity index (χ0v) is 29.5. The molecule has 0 aromatic rings. The lowest BCUT2D eigenvalue weighted by atomic mass is 10.1. The summed E-state index contributed by atoms with van der Waals surface area (Å²) in [5.41, 5.74) is 0. The predicted octanol–water partition coefficient (Wildman–Crippen LogP) is -1.16. The van der Waals surface area contributed by atoms with Crippen LogP contribution in [0.15, 0.2) is 24.8 Å². The van der Waals surface area contributed by atoms with Crippen LogP contribution in [-0.4, -0.2) is 118 Å². The van der Waals surface area contributed by atoms with Gasteiger partial charge in [-0.1, -0.05) is 13.2 Å². The maximum Gasteiger partial charge on any atom is 0.249 e. The molecule has 2 saturated heterocycles. The number of nitrogens with zero attached hydrogens (tertiary/aromatic N) is 2. The molecule has 5 N–H and O–H groups in total. The number of imide groups is 2. The molecule has 0 aliphatic carbocycles. The summed E-state index contributed by atoms with van der Waals surface area (Å²) < 4.78 is 5.27. The normalized spacial score (nSPS) is 18.5. The van der Waals surface area contributed by atoms with Crippen molar-refractivity contribution in [2.24, 2.45) is 0 Å². The fourth-order valence-electron chi connectivity index (χ4n) is 4.80. The average Bonchev–Trinajstić information content (AvgIpc) is 3.45. The molecule has 3 atom stereocenters. The third-order valence-electron chi connectivity index (χ3n) is 7.26. The van der Waals surface area contributed by atoms with Crippen LogP contribution < -0.4 is 26.6 Å². The van der Waals surface area contributed by atoms with E-state index in [9.17, 15) is 43.2 Å². The van der Waals surface area contributed by atoms with Gasteiger partial charge in [0, 0.05) is 64.3 Å². The van der Waals surface area contributed by atoms with Crippen LogP contribution in [0.25, 0.3) is 0 Å². The highest BCUT2D eigenvalue weighted by Crippen LogP contribution is 2.24. The Morgan fingerprint density at radius 1 is 0.755 bits per heavy atom. The number of hydrogen-bond acceptors (Lipinski definition) is 12. The van der Waals surface area contributed by atoms with Crippen molar-refractivity contribution >= 4 is 76.7 Å². The summed E-state index contributed by atoms with van der Waals surface area (Å²) in [6, 6.07) is -1.07. The van der Waals surface area contributed by atoms with Gasteiger partial charge in [-0.25, -0.2) is 0 Å². The molecular weight excluding hydrogens is 683 g/mol. The SMILES string of the molecule is C=C(NC(=O)CCN1C(=O)CC(SC)C1=O)NC(=O)CC(CC(=O)NC(=C)NC(=O)CCN1C(=O)CC(SC)C1=O)NC(=O)C(C)OCC. The zero-order valence-electron chi connectivity index (χ0n) is 27.9. The second-order valence-electron chi connectivity index (χ2n) is 11.0. The van der Waals surface area contributed by atoms with Gasteiger partial charge in [0.25, 0.3) is 0 Å². The minimum atomic E-state index is -1.07. The fourth-order valence-corrected chi connectivity index (χ4v) is 6.08. The number of carbonyl (C=O) groups is 9. The molecule has 3 unspecified atom stereocenters. The van der Waals surface area contributed by atoms with Gasteiger partial charge in [0.15, 0.2) is 0 Å². The van der Waals surface area contributed by atoms with E-state index in [1.807, 2.05) is 0 Å². The second-order valence-corrected chi connectivity index (χ2v) is 13.1. The van der Waals surface area contributed by atoms with Crippen LogP contribution in [0.2, 0.25) is 0 Å². The number of hydrogen-bond donors (Lipinski definition) is 5. The maximum absolute atomic E-state index is 12.8. The molecule has 0 spiro atoms. The van der Waals surface area contributed by atoms with Crippen molar-refractivity contribution in [2.75, 3.05) is 32.2 Å². The van der Waals surface area contributed by atoms with E-state index in [1.54, 1.807) is 19.4 Å². The molecule has 0 aromatic heterocycles. The average molecular weight is 726 g/mol. The smallest absolute Gasteiger partial charge is 0.249 e. The van der Waals surface area contributed by atoms with E-state index in [2.05, 4.69) is 39.7 Å². The summed E-state index contributed by atoms with van der Waals surface area (Å²) in [6.07, 6.45) is 1.33. The lowest BCUT2D eigenvalue weighted by Crippen LogP contribution is -2.47. The Morgan fingerprint density at radius 3 is 1.49 bits per heavy atom. The van der Waals surface area contributed by atoms with Gasteiger partial charge in [-0.3, -0.25) is 53.0 Å². The lowest BCUT2D eigenvalue weighted by Gasteiger charge is -2.21. The molecule has 19 heteroatoms. The van der Waals surface area contributed by atoms with Crippen LogP contribution in [0.1, 0.15) is 52.4 Å². The van der Waals surface area contributed by atoms with Gasteiger partial charge < -0.3 is 31.3 Å². The number of rotatable bonds is 20. The Bertz CT molecular complexity index is 1290. The van der Waals surface area contributed by atoms with Gasteiger partial charge in [0.05, 0.1) is 10.5 Å². The number of carbonyl (C=O) groups excluding carboxylic acids is 9. The molecular formula is C30H43N7O10S2. The first-order valence-corrected chi connectivity index (χ1v) is 17.9. The fraction of sp³-hybridized carbons (Fsp3) is 0.567. The molecule has 2 rings (SSSR count). The largest absolute Gasteiger partial charge is 0.369 e. The van der Waals surface area contributed by atoms with E-state index in [-0.39, 0.29) is 80.7 Å². The van der Waals surface area contributed by atoms with Crippen LogP contribution in [0.5, 0.6) is 0 Å². The second kappa shape index (κ2) is 19.7. The van der Waals surface area contributed by atoms with E-state index >= 15 is 0 Å².